The van der Waals surface area contributed by atoms with Crippen molar-refractivity contribution in [3.05, 3.63) is 48.3 Å². The lowest BCUT2D eigenvalue weighted by molar-refractivity contribution is 0.146. The molecule has 1 aromatic carbocycles. The summed E-state index contributed by atoms with van der Waals surface area (Å²) in [4.78, 5) is 0. The highest BCUT2D eigenvalue weighted by Crippen LogP contribution is 2.11. The lowest BCUT2D eigenvalue weighted by Gasteiger charge is -2.14. The van der Waals surface area contributed by atoms with Crippen molar-refractivity contribution >= 4 is 12.4 Å². The zero-order valence-corrected chi connectivity index (χ0v) is 12.6. The van der Waals surface area contributed by atoms with E-state index in [2.05, 4.69) is 15.7 Å². The SMILES string of the molecule is Cl.OC1CNCC1CNCc1ccnn1-c1ccccc1. The van der Waals surface area contributed by atoms with Gasteiger partial charge in [0.25, 0.3) is 0 Å². The maximum absolute atomic E-state index is 9.76. The number of rotatable bonds is 5. The Morgan fingerprint density at radius 1 is 1.24 bits per heavy atom. The number of hydrogen-bond donors (Lipinski definition) is 3. The zero-order valence-electron chi connectivity index (χ0n) is 11.8. The highest BCUT2D eigenvalue weighted by atomic mass is 35.5. The molecule has 1 aliphatic rings. The first-order valence-electron chi connectivity index (χ1n) is 7.02. The summed E-state index contributed by atoms with van der Waals surface area (Å²) in [6.45, 7) is 3.15. The molecule has 5 nitrogen and oxygen atoms in total. The van der Waals surface area contributed by atoms with Crippen molar-refractivity contribution < 1.29 is 5.11 Å². The van der Waals surface area contributed by atoms with E-state index in [1.54, 1.807) is 0 Å². The number of benzene rings is 1. The summed E-state index contributed by atoms with van der Waals surface area (Å²) < 4.78 is 1.94. The minimum Gasteiger partial charge on any atom is -0.391 e. The van der Waals surface area contributed by atoms with Crippen molar-refractivity contribution in [1.82, 2.24) is 20.4 Å². The van der Waals surface area contributed by atoms with Crippen molar-refractivity contribution in [3.8, 4) is 5.69 Å². The molecule has 0 saturated carbocycles. The predicted molar refractivity (Wildman–Crippen MR) is 84.9 cm³/mol. The number of aliphatic hydroxyl groups excluding tert-OH is 1. The minimum atomic E-state index is -0.235. The number of aromatic nitrogens is 2. The van der Waals surface area contributed by atoms with Crippen LogP contribution in [0.2, 0.25) is 0 Å². The van der Waals surface area contributed by atoms with Crippen molar-refractivity contribution in [3.63, 3.8) is 0 Å². The van der Waals surface area contributed by atoms with Crippen molar-refractivity contribution in [2.75, 3.05) is 19.6 Å². The van der Waals surface area contributed by atoms with Crippen LogP contribution in [0.1, 0.15) is 5.69 Å². The molecular weight excluding hydrogens is 288 g/mol. The molecular formula is C15H21ClN4O. The number of hydrogen-bond acceptors (Lipinski definition) is 4. The summed E-state index contributed by atoms with van der Waals surface area (Å²) in [5, 5.41) is 20.7. The topological polar surface area (TPSA) is 62.1 Å². The highest BCUT2D eigenvalue weighted by molar-refractivity contribution is 5.85. The molecule has 0 radical (unpaired) electrons. The van der Waals surface area contributed by atoms with Gasteiger partial charge in [-0.25, -0.2) is 4.68 Å². The van der Waals surface area contributed by atoms with Gasteiger partial charge in [0, 0.05) is 38.3 Å². The summed E-state index contributed by atoms with van der Waals surface area (Å²) >= 11 is 0. The molecule has 1 fully saturated rings. The van der Waals surface area contributed by atoms with Gasteiger partial charge >= 0.3 is 0 Å². The number of β-amino-alcohol motifs (C(OH)–C–C–N with tert-alkyl or cyclic N) is 1. The van der Waals surface area contributed by atoms with Crippen LogP contribution >= 0.6 is 12.4 Å². The van der Waals surface area contributed by atoms with E-state index in [4.69, 9.17) is 0 Å². The third-order valence-electron chi connectivity index (χ3n) is 3.74. The maximum atomic E-state index is 9.76. The van der Waals surface area contributed by atoms with E-state index in [1.807, 2.05) is 47.3 Å². The molecule has 1 aliphatic heterocycles. The molecule has 2 unspecified atom stereocenters. The molecule has 1 saturated heterocycles. The first-order chi connectivity index (χ1) is 9.84. The summed E-state index contributed by atoms with van der Waals surface area (Å²) in [5.41, 5.74) is 2.19. The molecule has 2 atom stereocenters. The van der Waals surface area contributed by atoms with Gasteiger partial charge in [0.05, 0.1) is 17.5 Å². The number of halogens is 1. The summed E-state index contributed by atoms with van der Waals surface area (Å²) in [7, 11) is 0. The number of nitrogens with zero attached hydrogens (tertiary/aromatic N) is 2. The average Bonchev–Trinajstić information content (AvgIpc) is 3.10. The molecule has 0 bridgehead atoms. The van der Waals surface area contributed by atoms with Gasteiger partial charge in [0.1, 0.15) is 0 Å². The second-order valence-corrected chi connectivity index (χ2v) is 5.19. The van der Waals surface area contributed by atoms with Gasteiger partial charge in [-0.1, -0.05) is 18.2 Å². The smallest absolute Gasteiger partial charge is 0.0716 e. The van der Waals surface area contributed by atoms with Crippen molar-refractivity contribution in [1.29, 1.82) is 0 Å². The van der Waals surface area contributed by atoms with Crippen LogP contribution in [0.3, 0.4) is 0 Å². The Bertz CT molecular complexity index is 546. The van der Waals surface area contributed by atoms with E-state index in [0.717, 1.165) is 31.0 Å². The van der Waals surface area contributed by atoms with Gasteiger partial charge in [0.15, 0.2) is 0 Å². The second kappa shape index (κ2) is 7.56. The number of para-hydroxylation sites is 1. The minimum absolute atomic E-state index is 0. The quantitative estimate of drug-likeness (QED) is 0.770. The van der Waals surface area contributed by atoms with Crippen LogP contribution in [0.25, 0.3) is 5.69 Å². The van der Waals surface area contributed by atoms with Crippen LogP contribution in [0.15, 0.2) is 42.6 Å². The maximum Gasteiger partial charge on any atom is 0.0716 e. The van der Waals surface area contributed by atoms with E-state index in [9.17, 15) is 5.11 Å². The van der Waals surface area contributed by atoms with Crippen LogP contribution in [-0.4, -0.2) is 40.6 Å². The van der Waals surface area contributed by atoms with E-state index < -0.39 is 0 Å². The Hall–Kier alpha value is -1.40. The standard InChI is InChI=1S/C15H20N4O.ClH/c20-15-11-17-9-12(15)8-16-10-14-6-7-18-19(14)13-4-2-1-3-5-13;/h1-7,12,15-17,20H,8-11H2;1H. The zero-order chi connectivity index (χ0) is 13.8. The molecule has 0 amide bonds. The fourth-order valence-electron chi connectivity index (χ4n) is 2.58. The fraction of sp³-hybridized carbons (Fsp3) is 0.400. The first-order valence-corrected chi connectivity index (χ1v) is 7.02. The molecule has 1 aromatic heterocycles. The third-order valence-corrected chi connectivity index (χ3v) is 3.74. The van der Waals surface area contributed by atoms with Crippen molar-refractivity contribution in [2.24, 2.45) is 5.92 Å². The predicted octanol–water partition coefficient (Wildman–Crippen LogP) is 0.964. The van der Waals surface area contributed by atoms with Crippen LogP contribution in [0.5, 0.6) is 0 Å². The highest BCUT2D eigenvalue weighted by Gasteiger charge is 2.24. The Kier molecular flexibility index (Phi) is 5.76. The Balaban J connectivity index is 0.00000161. The van der Waals surface area contributed by atoms with Gasteiger partial charge in [0.2, 0.25) is 0 Å². The van der Waals surface area contributed by atoms with Crippen molar-refractivity contribution in [2.45, 2.75) is 12.6 Å². The van der Waals surface area contributed by atoms with Crippen LogP contribution in [0.4, 0.5) is 0 Å². The lowest BCUT2D eigenvalue weighted by Crippen LogP contribution is -2.30. The molecule has 2 heterocycles. The molecule has 3 rings (SSSR count). The largest absolute Gasteiger partial charge is 0.391 e. The van der Waals surface area contributed by atoms with Crippen LogP contribution < -0.4 is 10.6 Å². The van der Waals surface area contributed by atoms with Gasteiger partial charge in [-0.2, -0.15) is 5.10 Å². The van der Waals surface area contributed by atoms with Gasteiger partial charge in [-0.05, 0) is 18.2 Å². The van der Waals surface area contributed by atoms with Crippen LogP contribution in [-0.2, 0) is 6.54 Å². The number of aliphatic hydroxyl groups is 1. The van der Waals surface area contributed by atoms with E-state index in [-0.39, 0.29) is 18.5 Å². The fourth-order valence-corrected chi connectivity index (χ4v) is 2.58. The first kappa shape index (κ1) is 16.0. The number of nitrogens with one attached hydrogen (secondary N) is 2. The summed E-state index contributed by atoms with van der Waals surface area (Å²) in [6.07, 6.45) is 1.58. The summed E-state index contributed by atoms with van der Waals surface area (Å²) in [6, 6.07) is 12.1. The van der Waals surface area contributed by atoms with Gasteiger partial charge in [-0.3, -0.25) is 0 Å². The Labute approximate surface area is 130 Å². The Morgan fingerprint density at radius 3 is 2.76 bits per heavy atom. The molecule has 3 N–H and O–H groups in total. The molecule has 21 heavy (non-hydrogen) atoms. The normalized spacial score (nSPS) is 21.2. The molecule has 114 valence electrons. The lowest BCUT2D eigenvalue weighted by atomic mass is 10.1. The average molecular weight is 309 g/mol. The van der Waals surface area contributed by atoms with E-state index in [0.29, 0.717) is 12.5 Å². The molecule has 0 aliphatic carbocycles. The third kappa shape index (κ3) is 3.83. The van der Waals surface area contributed by atoms with Gasteiger partial charge in [-0.15, -0.1) is 12.4 Å². The molecule has 6 heteroatoms. The van der Waals surface area contributed by atoms with Crippen LogP contribution in [0, 0.1) is 5.92 Å². The summed E-state index contributed by atoms with van der Waals surface area (Å²) in [5.74, 6) is 0.295. The monoisotopic (exact) mass is 308 g/mol. The second-order valence-electron chi connectivity index (χ2n) is 5.19. The van der Waals surface area contributed by atoms with Gasteiger partial charge < -0.3 is 15.7 Å². The van der Waals surface area contributed by atoms with E-state index in [1.165, 1.54) is 0 Å². The van der Waals surface area contributed by atoms with E-state index >= 15 is 0 Å². The molecule has 2 aromatic rings. The molecule has 0 spiro atoms. The Morgan fingerprint density at radius 2 is 2.05 bits per heavy atom.